The third-order valence-electron chi connectivity index (χ3n) is 4.75. The van der Waals surface area contributed by atoms with Crippen molar-refractivity contribution in [3.63, 3.8) is 0 Å². The second kappa shape index (κ2) is 4.20. The van der Waals surface area contributed by atoms with E-state index in [-0.39, 0.29) is 23.1 Å². The standard InChI is InChI=1S/C13H20N6O2/c1-13(2)6(14)5-7(13)15-11-16-8-9(17-11)18(3)12(21)19(4)10(8)20/h6-7H,5,14H2,1-4H3,(H2,15,16,17). The van der Waals surface area contributed by atoms with E-state index in [1.165, 1.54) is 11.6 Å². The Hall–Kier alpha value is -2.09. The lowest BCUT2D eigenvalue weighted by Crippen LogP contribution is -2.61. The van der Waals surface area contributed by atoms with E-state index in [4.69, 9.17) is 5.73 Å². The second-order valence-electron chi connectivity index (χ2n) is 6.35. The molecule has 2 aromatic heterocycles. The first-order valence-electron chi connectivity index (χ1n) is 6.91. The maximum absolute atomic E-state index is 12.1. The Morgan fingerprint density at radius 2 is 2.00 bits per heavy atom. The highest BCUT2D eigenvalue weighted by Crippen LogP contribution is 2.40. The van der Waals surface area contributed by atoms with Crippen LogP contribution in [0, 0.1) is 5.41 Å². The van der Waals surface area contributed by atoms with Crippen LogP contribution in [0.3, 0.4) is 0 Å². The number of imidazole rings is 1. The van der Waals surface area contributed by atoms with Crippen molar-refractivity contribution in [1.29, 1.82) is 0 Å². The van der Waals surface area contributed by atoms with Crippen LogP contribution in [-0.2, 0) is 14.1 Å². The van der Waals surface area contributed by atoms with Gasteiger partial charge < -0.3 is 16.0 Å². The number of hydrogen-bond acceptors (Lipinski definition) is 5. The lowest BCUT2D eigenvalue weighted by Gasteiger charge is -2.50. The predicted octanol–water partition coefficient (Wildman–Crippen LogP) is -0.502. The van der Waals surface area contributed by atoms with Crippen molar-refractivity contribution >= 4 is 17.1 Å². The van der Waals surface area contributed by atoms with Gasteiger partial charge in [0.15, 0.2) is 11.2 Å². The molecule has 8 nitrogen and oxygen atoms in total. The number of aromatic nitrogens is 4. The van der Waals surface area contributed by atoms with Crippen LogP contribution in [0.25, 0.3) is 11.2 Å². The maximum Gasteiger partial charge on any atom is 0.332 e. The van der Waals surface area contributed by atoms with Gasteiger partial charge in [0.05, 0.1) is 0 Å². The summed E-state index contributed by atoms with van der Waals surface area (Å²) < 4.78 is 2.42. The van der Waals surface area contributed by atoms with Gasteiger partial charge in [0.1, 0.15) is 0 Å². The first-order valence-corrected chi connectivity index (χ1v) is 6.91. The number of H-pyrrole nitrogens is 1. The monoisotopic (exact) mass is 292 g/mol. The molecule has 0 aliphatic heterocycles. The summed E-state index contributed by atoms with van der Waals surface area (Å²) in [5, 5.41) is 3.27. The van der Waals surface area contributed by atoms with Crippen LogP contribution >= 0.6 is 0 Å². The van der Waals surface area contributed by atoms with E-state index in [0.29, 0.717) is 17.1 Å². The van der Waals surface area contributed by atoms with Crippen LogP contribution in [0.1, 0.15) is 20.3 Å². The van der Waals surface area contributed by atoms with E-state index >= 15 is 0 Å². The third kappa shape index (κ3) is 1.82. The molecular weight excluding hydrogens is 272 g/mol. The van der Waals surface area contributed by atoms with E-state index in [9.17, 15) is 9.59 Å². The number of hydrogen-bond donors (Lipinski definition) is 3. The summed E-state index contributed by atoms with van der Waals surface area (Å²) in [6.45, 7) is 4.19. The fourth-order valence-electron chi connectivity index (χ4n) is 2.76. The Kier molecular flexibility index (Phi) is 2.78. The first-order chi connectivity index (χ1) is 9.73. The molecular formula is C13H20N6O2. The summed E-state index contributed by atoms with van der Waals surface area (Å²) in [6.07, 6.45) is 0.848. The number of anilines is 1. The Bertz CT molecular complexity index is 828. The number of nitrogens with one attached hydrogen (secondary N) is 2. The largest absolute Gasteiger partial charge is 0.352 e. The van der Waals surface area contributed by atoms with Crippen molar-refractivity contribution in [2.75, 3.05) is 5.32 Å². The molecule has 2 atom stereocenters. The molecule has 0 bridgehead atoms. The molecule has 0 radical (unpaired) electrons. The van der Waals surface area contributed by atoms with Crippen LogP contribution in [-0.4, -0.2) is 31.2 Å². The molecule has 0 aromatic carbocycles. The summed E-state index contributed by atoms with van der Waals surface area (Å²) >= 11 is 0. The van der Waals surface area contributed by atoms with Crippen LogP contribution < -0.4 is 22.3 Å². The molecule has 21 heavy (non-hydrogen) atoms. The van der Waals surface area contributed by atoms with Gasteiger partial charge in [-0.05, 0) is 6.42 Å². The van der Waals surface area contributed by atoms with Gasteiger partial charge in [0, 0.05) is 31.6 Å². The van der Waals surface area contributed by atoms with Crippen molar-refractivity contribution in [1.82, 2.24) is 19.1 Å². The van der Waals surface area contributed by atoms with Crippen molar-refractivity contribution in [3.8, 4) is 0 Å². The van der Waals surface area contributed by atoms with E-state index < -0.39 is 5.69 Å². The van der Waals surface area contributed by atoms with E-state index in [0.717, 1.165) is 11.0 Å². The van der Waals surface area contributed by atoms with Gasteiger partial charge in [-0.3, -0.25) is 13.9 Å². The highest BCUT2D eigenvalue weighted by Gasteiger charge is 2.46. The predicted molar refractivity (Wildman–Crippen MR) is 80.4 cm³/mol. The minimum absolute atomic E-state index is 0.0319. The van der Waals surface area contributed by atoms with Crippen LogP contribution in [0.5, 0.6) is 0 Å². The van der Waals surface area contributed by atoms with Crippen molar-refractivity contribution < 1.29 is 0 Å². The number of nitrogens with two attached hydrogens (primary N) is 1. The van der Waals surface area contributed by atoms with Crippen molar-refractivity contribution in [2.24, 2.45) is 25.2 Å². The highest BCUT2D eigenvalue weighted by atomic mass is 16.2. The lowest BCUT2D eigenvalue weighted by molar-refractivity contribution is 0.116. The number of nitrogens with zero attached hydrogens (tertiary/aromatic N) is 3. The van der Waals surface area contributed by atoms with E-state index in [1.54, 1.807) is 7.05 Å². The highest BCUT2D eigenvalue weighted by molar-refractivity contribution is 5.72. The van der Waals surface area contributed by atoms with Crippen LogP contribution in [0.2, 0.25) is 0 Å². The zero-order valence-electron chi connectivity index (χ0n) is 12.6. The molecule has 3 rings (SSSR count). The molecule has 0 spiro atoms. The third-order valence-corrected chi connectivity index (χ3v) is 4.75. The zero-order chi connectivity index (χ0) is 15.5. The fourth-order valence-corrected chi connectivity index (χ4v) is 2.76. The molecule has 1 saturated carbocycles. The molecule has 2 unspecified atom stereocenters. The molecule has 1 fully saturated rings. The van der Waals surface area contributed by atoms with Gasteiger partial charge in [0.25, 0.3) is 5.56 Å². The number of aromatic amines is 1. The Morgan fingerprint density at radius 3 is 2.57 bits per heavy atom. The molecule has 114 valence electrons. The average Bonchev–Trinajstić information content (AvgIpc) is 2.87. The topological polar surface area (TPSA) is 111 Å². The quantitative estimate of drug-likeness (QED) is 0.691. The smallest absolute Gasteiger partial charge is 0.332 e. The minimum atomic E-state index is -0.392. The summed E-state index contributed by atoms with van der Waals surface area (Å²) in [6, 6.07) is 0.338. The summed E-state index contributed by atoms with van der Waals surface area (Å²) in [4.78, 5) is 31.3. The number of fused-ring (bicyclic) bond motifs is 1. The van der Waals surface area contributed by atoms with Gasteiger partial charge in [-0.2, -0.15) is 4.98 Å². The zero-order valence-corrected chi connectivity index (χ0v) is 12.6. The maximum atomic E-state index is 12.1. The normalized spacial score (nSPS) is 24.0. The average molecular weight is 292 g/mol. The fraction of sp³-hybridized carbons (Fsp3) is 0.615. The minimum Gasteiger partial charge on any atom is -0.352 e. The molecule has 2 aromatic rings. The summed E-state index contributed by atoms with van der Waals surface area (Å²) in [5.74, 6) is 0.494. The van der Waals surface area contributed by atoms with Crippen LogP contribution in [0.15, 0.2) is 9.59 Å². The first kappa shape index (κ1) is 13.9. The summed E-state index contributed by atoms with van der Waals surface area (Å²) in [7, 11) is 3.05. The Balaban J connectivity index is 2.03. The van der Waals surface area contributed by atoms with Gasteiger partial charge in [-0.1, -0.05) is 13.8 Å². The van der Waals surface area contributed by atoms with E-state index in [2.05, 4.69) is 29.1 Å². The van der Waals surface area contributed by atoms with Crippen molar-refractivity contribution in [3.05, 3.63) is 20.8 Å². The molecule has 1 aliphatic carbocycles. The molecule has 8 heteroatoms. The number of aryl methyl sites for hydroxylation is 1. The molecule has 4 N–H and O–H groups in total. The Labute approximate surface area is 121 Å². The number of rotatable bonds is 2. The van der Waals surface area contributed by atoms with Crippen molar-refractivity contribution in [2.45, 2.75) is 32.4 Å². The molecule has 2 heterocycles. The second-order valence-corrected chi connectivity index (χ2v) is 6.35. The molecule has 0 amide bonds. The van der Waals surface area contributed by atoms with Gasteiger partial charge >= 0.3 is 5.69 Å². The molecule has 0 saturated heterocycles. The van der Waals surface area contributed by atoms with Gasteiger partial charge in [-0.25, -0.2) is 4.79 Å². The van der Waals surface area contributed by atoms with Gasteiger partial charge in [-0.15, -0.1) is 0 Å². The van der Waals surface area contributed by atoms with E-state index in [1.807, 2.05) is 0 Å². The molecule has 1 aliphatic rings. The SMILES string of the molecule is Cn1c(=O)c2[nH]c(NC3CC(N)C3(C)C)nc2n(C)c1=O. The van der Waals surface area contributed by atoms with Crippen LogP contribution in [0.4, 0.5) is 5.95 Å². The summed E-state index contributed by atoms with van der Waals surface area (Å²) in [5.41, 5.74) is 5.87. The lowest BCUT2D eigenvalue weighted by atomic mass is 9.63. The van der Waals surface area contributed by atoms with Gasteiger partial charge in [0.2, 0.25) is 5.95 Å². The Morgan fingerprint density at radius 1 is 1.33 bits per heavy atom.